The second-order valence-electron chi connectivity index (χ2n) is 3.41. The van der Waals surface area contributed by atoms with Crippen LogP contribution in [-0.2, 0) is 13.0 Å². The van der Waals surface area contributed by atoms with Gasteiger partial charge in [0, 0.05) is 18.7 Å². The minimum absolute atomic E-state index is 0.598. The van der Waals surface area contributed by atoms with Crippen LogP contribution in [0.4, 0.5) is 5.82 Å². The molecule has 0 atom stereocenters. The summed E-state index contributed by atoms with van der Waals surface area (Å²) in [5.41, 5.74) is 0.875. The Morgan fingerprint density at radius 2 is 2.24 bits per heavy atom. The van der Waals surface area contributed by atoms with Crippen LogP contribution in [0.15, 0.2) is 29.0 Å². The van der Waals surface area contributed by atoms with Crippen molar-refractivity contribution in [3.63, 3.8) is 0 Å². The summed E-state index contributed by atoms with van der Waals surface area (Å²) in [5, 5.41) is 11.0. The second kappa shape index (κ2) is 5.67. The molecule has 0 aliphatic rings. The molecule has 17 heavy (non-hydrogen) atoms. The Bertz CT molecular complexity index is 488. The number of hydrogen-bond donors (Lipinski definition) is 1. The molecule has 5 nitrogen and oxygen atoms in total. The molecule has 0 amide bonds. The van der Waals surface area contributed by atoms with E-state index in [-0.39, 0.29) is 0 Å². The molecule has 0 aromatic carbocycles. The van der Waals surface area contributed by atoms with Crippen molar-refractivity contribution < 1.29 is 0 Å². The van der Waals surface area contributed by atoms with Crippen molar-refractivity contribution in [1.29, 1.82) is 0 Å². The quantitative estimate of drug-likeness (QED) is 0.876. The molecule has 2 heterocycles. The van der Waals surface area contributed by atoms with Crippen LogP contribution in [0.2, 0.25) is 0 Å². The van der Waals surface area contributed by atoms with Crippen LogP contribution in [0.25, 0.3) is 0 Å². The Balaban J connectivity index is 2.06. The van der Waals surface area contributed by atoms with E-state index < -0.39 is 0 Å². The van der Waals surface area contributed by atoms with E-state index in [4.69, 9.17) is 0 Å². The van der Waals surface area contributed by atoms with Crippen LogP contribution in [0, 0.1) is 0 Å². The molecule has 6 heteroatoms. The summed E-state index contributed by atoms with van der Waals surface area (Å²) in [5.74, 6) is 1.59. The third-order valence-electron chi connectivity index (χ3n) is 2.14. The molecular formula is C11H12BrN5. The smallest absolute Gasteiger partial charge is 0.131 e. The molecule has 0 bridgehead atoms. The molecule has 2 rings (SSSR count). The number of aryl methyl sites for hydroxylation is 1. The maximum Gasteiger partial charge on any atom is 0.131 e. The number of nitrogens with zero attached hydrogens (tertiary/aromatic N) is 4. The molecular weight excluding hydrogens is 282 g/mol. The van der Waals surface area contributed by atoms with Gasteiger partial charge in [0.25, 0.3) is 0 Å². The molecule has 0 aliphatic carbocycles. The summed E-state index contributed by atoms with van der Waals surface area (Å²) >= 11 is 3.36. The number of nitrogens with one attached hydrogen (secondary N) is 1. The van der Waals surface area contributed by atoms with E-state index in [9.17, 15) is 0 Å². The van der Waals surface area contributed by atoms with Gasteiger partial charge in [-0.15, -0.1) is 0 Å². The normalized spacial score (nSPS) is 10.2. The third kappa shape index (κ3) is 3.45. The van der Waals surface area contributed by atoms with Crippen molar-refractivity contribution in [3.8, 4) is 0 Å². The SMILES string of the molecule is CCc1nc(Br)cc(NCc2cccnn2)n1. The van der Waals surface area contributed by atoms with Gasteiger partial charge in [0.15, 0.2) is 0 Å². The summed E-state index contributed by atoms with van der Waals surface area (Å²) in [4.78, 5) is 8.61. The van der Waals surface area contributed by atoms with Gasteiger partial charge in [-0.25, -0.2) is 9.97 Å². The van der Waals surface area contributed by atoms with Crippen molar-refractivity contribution in [2.24, 2.45) is 0 Å². The second-order valence-corrected chi connectivity index (χ2v) is 4.23. The molecule has 0 aliphatic heterocycles. The number of anilines is 1. The maximum atomic E-state index is 4.37. The molecule has 0 spiro atoms. The zero-order valence-corrected chi connectivity index (χ0v) is 11.0. The van der Waals surface area contributed by atoms with E-state index in [1.54, 1.807) is 6.20 Å². The van der Waals surface area contributed by atoms with E-state index in [0.29, 0.717) is 6.54 Å². The molecule has 2 aromatic rings. The fourth-order valence-electron chi connectivity index (χ4n) is 1.32. The standard InChI is InChI=1S/C11H12BrN5/c1-2-10-15-9(12)6-11(16-10)13-7-8-4-3-5-14-17-8/h3-6H,2,7H2,1H3,(H,13,15,16). The summed E-state index contributed by atoms with van der Waals surface area (Å²) in [6, 6.07) is 5.61. The monoisotopic (exact) mass is 293 g/mol. The number of hydrogen-bond acceptors (Lipinski definition) is 5. The molecule has 0 saturated carbocycles. The molecule has 0 fully saturated rings. The van der Waals surface area contributed by atoms with Gasteiger partial charge in [-0.2, -0.15) is 10.2 Å². The van der Waals surface area contributed by atoms with Crippen LogP contribution >= 0.6 is 15.9 Å². The first-order chi connectivity index (χ1) is 8.28. The highest BCUT2D eigenvalue weighted by molar-refractivity contribution is 9.10. The highest BCUT2D eigenvalue weighted by atomic mass is 79.9. The third-order valence-corrected chi connectivity index (χ3v) is 2.54. The lowest BCUT2D eigenvalue weighted by Gasteiger charge is -2.06. The Kier molecular flexibility index (Phi) is 3.98. The number of rotatable bonds is 4. The van der Waals surface area contributed by atoms with Crippen LogP contribution in [0.5, 0.6) is 0 Å². The number of halogens is 1. The van der Waals surface area contributed by atoms with Crippen LogP contribution in [0.3, 0.4) is 0 Å². The summed E-state index contributed by atoms with van der Waals surface area (Å²) < 4.78 is 0.783. The fourth-order valence-corrected chi connectivity index (χ4v) is 1.74. The Morgan fingerprint density at radius 1 is 1.35 bits per heavy atom. The maximum absolute atomic E-state index is 4.37. The van der Waals surface area contributed by atoms with Gasteiger partial charge < -0.3 is 5.32 Å². The first-order valence-electron chi connectivity index (χ1n) is 5.32. The van der Waals surface area contributed by atoms with Crippen LogP contribution in [-0.4, -0.2) is 20.2 Å². The van der Waals surface area contributed by atoms with Crippen molar-refractivity contribution in [2.75, 3.05) is 5.32 Å². The van der Waals surface area contributed by atoms with Crippen LogP contribution in [0.1, 0.15) is 18.4 Å². The topological polar surface area (TPSA) is 63.6 Å². The van der Waals surface area contributed by atoms with Crippen molar-refractivity contribution in [2.45, 2.75) is 19.9 Å². The average Bonchev–Trinajstić information content (AvgIpc) is 2.37. The predicted molar refractivity (Wildman–Crippen MR) is 68.5 cm³/mol. The first-order valence-corrected chi connectivity index (χ1v) is 6.11. The van der Waals surface area contributed by atoms with Gasteiger partial charge in [-0.1, -0.05) is 6.92 Å². The van der Waals surface area contributed by atoms with E-state index in [2.05, 4.69) is 41.4 Å². The predicted octanol–water partition coefficient (Wildman–Crippen LogP) is 2.20. The van der Waals surface area contributed by atoms with Gasteiger partial charge >= 0.3 is 0 Å². The van der Waals surface area contributed by atoms with Crippen molar-refractivity contribution in [1.82, 2.24) is 20.2 Å². The van der Waals surface area contributed by atoms with E-state index in [1.165, 1.54) is 0 Å². The molecule has 0 unspecified atom stereocenters. The van der Waals surface area contributed by atoms with Crippen LogP contribution < -0.4 is 5.32 Å². The van der Waals surface area contributed by atoms with Crippen molar-refractivity contribution in [3.05, 3.63) is 40.5 Å². The molecule has 1 N–H and O–H groups in total. The Labute approximate surface area is 108 Å². The van der Waals surface area contributed by atoms with E-state index >= 15 is 0 Å². The van der Waals surface area contributed by atoms with E-state index in [0.717, 1.165) is 28.4 Å². The first kappa shape index (κ1) is 11.9. The summed E-state index contributed by atoms with van der Waals surface area (Å²) in [7, 11) is 0. The lowest BCUT2D eigenvalue weighted by atomic mass is 10.4. The molecule has 2 aromatic heterocycles. The summed E-state index contributed by atoms with van der Waals surface area (Å²) in [6.07, 6.45) is 2.46. The lowest BCUT2D eigenvalue weighted by molar-refractivity contribution is 0.897. The fraction of sp³-hybridized carbons (Fsp3) is 0.273. The van der Waals surface area contributed by atoms with E-state index in [1.807, 2.05) is 25.1 Å². The molecule has 88 valence electrons. The van der Waals surface area contributed by atoms with Crippen molar-refractivity contribution >= 4 is 21.7 Å². The zero-order chi connectivity index (χ0) is 12.1. The van der Waals surface area contributed by atoms with Gasteiger partial charge in [0.2, 0.25) is 0 Å². The minimum Gasteiger partial charge on any atom is -0.364 e. The lowest BCUT2D eigenvalue weighted by Crippen LogP contribution is -2.06. The molecule has 0 radical (unpaired) electrons. The van der Waals surface area contributed by atoms with Gasteiger partial charge in [-0.05, 0) is 28.1 Å². The van der Waals surface area contributed by atoms with Gasteiger partial charge in [0.05, 0.1) is 12.2 Å². The summed E-state index contributed by atoms with van der Waals surface area (Å²) in [6.45, 7) is 2.62. The van der Waals surface area contributed by atoms with Gasteiger partial charge in [0.1, 0.15) is 16.2 Å². The Morgan fingerprint density at radius 3 is 2.94 bits per heavy atom. The minimum atomic E-state index is 0.598. The number of aromatic nitrogens is 4. The largest absolute Gasteiger partial charge is 0.364 e. The van der Waals surface area contributed by atoms with Gasteiger partial charge in [-0.3, -0.25) is 0 Å². The Hall–Kier alpha value is -1.56. The molecule has 0 saturated heterocycles. The highest BCUT2D eigenvalue weighted by Crippen LogP contribution is 2.13. The zero-order valence-electron chi connectivity index (χ0n) is 9.39. The highest BCUT2D eigenvalue weighted by Gasteiger charge is 2.01. The average molecular weight is 294 g/mol.